The first-order valence-electron chi connectivity index (χ1n) is 6.45. The van der Waals surface area contributed by atoms with Gasteiger partial charge in [0.05, 0.1) is 38.2 Å². The van der Waals surface area contributed by atoms with Crippen LogP contribution in [-0.2, 0) is 9.47 Å². The second-order valence-electron chi connectivity index (χ2n) is 4.89. The lowest BCUT2D eigenvalue weighted by molar-refractivity contribution is -0.0975. The molecule has 98 valence electrons. The number of anilines is 1. The van der Waals surface area contributed by atoms with Gasteiger partial charge in [-0.1, -0.05) is 0 Å². The molecule has 2 fully saturated rings. The van der Waals surface area contributed by atoms with Crippen molar-refractivity contribution in [3.8, 4) is 0 Å². The van der Waals surface area contributed by atoms with Gasteiger partial charge in [-0.25, -0.2) is 0 Å². The maximum absolute atomic E-state index is 5.99. The van der Waals surface area contributed by atoms with E-state index in [2.05, 4.69) is 21.3 Å². The lowest BCUT2D eigenvalue weighted by Crippen LogP contribution is -2.57. The van der Waals surface area contributed by atoms with Gasteiger partial charge in [0.1, 0.15) is 5.60 Å². The van der Waals surface area contributed by atoms with E-state index < -0.39 is 0 Å². The molecule has 0 unspecified atom stereocenters. The fraction of sp³-hybridized carbons (Fsp3) is 0.615. The van der Waals surface area contributed by atoms with Gasteiger partial charge in [-0.05, 0) is 12.1 Å². The van der Waals surface area contributed by atoms with Crippen molar-refractivity contribution >= 4 is 5.69 Å². The van der Waals surface area contributed by atoms with E-state index in [9.17, 15) is 0 Å². The van der Waals surface area contributed by atoms with E-state index in [0.29, 0.717) is 6.61 Å². The molecule has 0 radical (unpaired) electrons. The molecule has 0 bridgehead atoms. The zero-order valence-electron chi connectivity index (χ0n) is 10.5. The highest BCUT2D eigenvalue weighted by atomic mass is 16.5. The number of ether oxygens (including phenoxy) is 2. The molecule has 18 heavy (non-hydrogen) atoms. The molecule has 5 heteroatoms. The second kappa shape index (κ2) is 5.22. The molecule has 2 aliphatic heterocycles. The van der Waals surface area contributed by atoms with Gasteiger partial charge in [0.25, 0.3) is 0 Å². The SMILES string of the molecule is c1cncc(N2CCOC[C@@]3(CNCCO3)C2)c1. The maximum Gasteiger partial charge on any atom is 0.121 e. The Bertz CT molecular complexity index is 379. The summed E-state index contributed by atoms with van der Waals surface area (Å²) in [4.78, 5) is 6.48. The quantitative estimate of drug-likeness (QED) is 0.774. The zero-order valence-corrected chi connectivity index (χ0v) is 10.5. The van der Waals surface area contributed by atoms with Gasteiger partial charge in [-0.3, -0.25) is 4.98 Å². The average Bonchev–Trinajstić information content (AvgIpc) is 2.64. The Morgan fingerprint density at radius 1 is 1.39 bits per heavy atom. The first-order chi connectivity index (χ1) is 8.88. The van der Waals surface area contributed by atoms with Gasteiger partial charge >= 0.3 is 0 Å². The number of pyridine rings is 1. The summed E-state index contributed by atoms with van der Waals surface area (Å²) < 4.78 is 11.7. The summed E-state index contributed by atoms with van der Waals surface area (Å²) in [5.41, 5.74) is 0.918. The minimum Gasteiger partial charge on any atom is -0.376 e. The van der Waals surface area contributed by atoms with Gasteiger partial charge in [0.15, 0.2) is 0 Å². The summed E-state index contributed by atoms with van der Waals surface area (Å²) in [5.74, 6) is 0. The molecule has 1 atom stereocenters. The van der Waals surface area contributed by atoms with Crippen LogP contribution in [0.15, 0.2) is 24.5 Å². The summed E-state index contributed by atoms with van der Waals surface area (Å²) >= 11 is 0. The lowest BCUT2D eigenvalue weighted by atomic mass is 10.0. The number of nitrogens with one attached hydrogen (secondary N) is 1. The largest absolute Gasteiger partial charge is 0.376 e. The highest BCUT2D eigenvalue weighted by Crippen LogP contribution is 2.22. The van der Waals surface area contributed by atoms with Gasteiger partial charge in [-0.2, -0.15) is 0 Å². The number of hydrogen-bond acceptors (Lipinski definition) is 5. The molecule has 1 aromatic heterocycles. The Morgan fingerprint density at radius 3 is 3.17 bits per heavy atom. The number of hydrogen-bond donors (Lipinski definition) is 1. The van der Waals surface area contributed by atoms with Crippen LogP contribution in [0.3, 0.4) is 0 Å². The fourth-order valence-corrected chi connectivity index (χ4v) is 2.57. The minimum absolute atomic E-state index is 0.218. The second-order valence-corrected chi connectivity index (χ2v) is 4.89. The average molecular weight is 249 g/mol. The maximum atomic E-state index is 5.99. The Balaban J connectivity index is 1.78. The van der Waals surface area contributed by atoms with Crippen molar-refractivity contribution in [1.82, 2.24) is 10.3 Å². The van der Waals surface area contributed by atoms with E-state index in [-0.39, 0.29) is 5.60 Å². The van der Waals surface area contributed by atoms with E-state index in [0.717, 1.165) is 45.1 Å². The van der Waals surface area contributed by atoms with Gasteiger partial charge in [-0.15, -0.1) is 0 Å². The normalized spacial score (nSPS) is 29.2. The fourth-order valence-electron chi connectivity index (χ4n) is 2.57. The first-order valence-corrected chi connectivity index (χ1v) is 6.45. The topological polar surface area (TPSA) is 46.6 Å². The molecular formula is C13H19N3O2. The van der Waals surface area contributed by atoms with Crippen molar-refractivity contribution in [2.75, 3.05) is 50.9 Å². The Hall–Kier alpha value is -1.17. The van der Waals surface area contributed by atoms with Crippen LogP contribution in [0.4, 0.5) is 5.69 Å². The van der Waals surface area contributed by atoms with E-state index in [1.165, 1.54) is 0 Å². The molecule has 0 amide bonds. The van der Waals surface area contributed by atoms with Crippen LogP contribution >= 0.6 is 0 Å². The van der Waals surface area contributed by atoms with Crippen LogP contribution < -0.4 is 10.2 Å². The third-order valence-electron chi connectivity index (χ3n) is 3.49. The molecule has 1 spiro atoms. The molecule has 2 aliphatic rings. The predicted octanol–water partition coefficient (Wildman–Crippen LogP) is 0.277. The predicted molar refractivity (Wildman–Crippen MR) is 68.8 cm³/mol. The van der Waals surface area contributed by atoms with E-state index in [1.807, 2.05) is 12.3 Å². The van der Waals surface area contributed by atoms with E-state index in [4.69, 9.17) is 9.47 Å². The summed E-state index contributed by atoms with van der Waals surface area (Å²) in [6, 6.07) is 4.05. The standard InChI is InChI=1S/C13H19N3O2/c1-2-12(8-14-3-1)16-5-7-17-11-13(10-16)9-15-4-6-18-13/h1-3,8,15H,4-7,9-11H2/t13-/m1/s1. The summed E-state index contributed by atoms with van der Waals surface area (Å²) in [6.07, 6.45) is 3.70. The van der Waals surface area contributed by atoms with Crippen LogP contribution in [0.1, 0.15) is 0 Å². The first kappa shape index (κ1) is 11.9. The van der Waals surface area contributed by atoms with Crippen molar-refractivity contribution < 1.29 is 9.47 Å². The molecule has 3 heterocycles. The zero-order chi connectivity index (χ0) is 12.3. The highest BCUT2D eigenvalue weighted by molar-refractivity contribution is 5.44. The molecule has 3 rings (SSSR count). The van der Waals surface area contributed by atoms with Crippen molar-refractivity contribution in [2.24, 2.45) is 0 Å². The van der Waals surface area contributed by atoms with Crippen LogP contribution in [0.25, 0.3) is 0 Å². The van der Waals surface area contributed by atoms with Crippen LogP contribution in [-0.4, -0.2) is 56.6 Å². The van der Waals surface area contributed by atoms with Crippen molar-refractivity contribution in [1.29, 1.82) is 0 Å². The van der Waals surface area contributed by atoms with Gasteiger partial charge in [0, 0.05) is 25.8 Å². The third kappa shape index (κ3) is 2.48. The molecular weight excluding hydrogens is 230 g/mol. The van der Waals surface area contributed by atoms with E-state index in [1.54, 1.807) is 6.20 Å². The molecule has 1 aromatic rings. The van der Waals surface area contributed by atoms with Gasteiger partial charge < -0.3 is 19.7 Å². The highest BCUT2D eigenvalue weighted by Gasteiger charge is 2.37. The van der Waals surface area contributed by atoms with Crippen molar-refractivity contribution in [3.63, 3.8) is 0 Å². The molecule has 2 saturated heterocycles. The lowest BCUT2D eigenvalue weighted by Gasteiger charge is -2.39. The van der Waals surface area contributed by atoms with Crippen LogP contribution in [0, 0.1) is 0 Å². The monoisotopic (exact) mass is 249 g/mol. The number of rotatable bonds is 1. The summed E-state index contributed by atoms with van der Waals surface area (Å²) in [6.45, 7) is 5.67. The van der Waals surface area contributed by atoms with Crippen molar-refractivity contribution in [2.45, 2.75) is 5.60 Å². The summed E-state index contributed by atoms with van der Waals surface area (Å²) in [5, 5.41) is 3.40. The van der Waals surface area contributed by atoms with Crippen LogP contribution in [0.2, 0.25) is 0 Å². The number of aromatic nitrogens is 1. The Morgan fingerprint density at radius 2 is 2.39 bits per heavy atom. The molecule has 1 N–H and O–H groups in total. The van der Waals surface area contributed by atoms with Crippen molar-refractivity contribution in [3.05, 3.63) is 24.5 Å². The smallest absolute Gasteiger partial charge is 0.121 e. The van der Waals surface area contributed by atoms with Crippen LogP contribution in [0.5, 0.6) is 0 Å². The molecule has 5 nitrogen and oxygen atoms in total. The Labute approximate surface area is 107 Å². The minimum atomic E-state index is -0.218. The molecule has 0 saturated carbocycles. The third-order valence-corrected chi connectivity index (χ3v) is 3.49. The number of nitrogens with zero attached hydrogens (tertiary/aromatic N) is 2. The molecule has 0 aliphatic carbocycles. The Kier molecular flexibility index (Phi) is 3.45. The molecule has 0 aromatic carbocycles. The van der Waals surface area contributed by atoms with Gasteiger partial charge in [0.2, 0.25) is 0 Å². The summed E-state index contributed by atoms with van der Waals surface area (Å²) in [7, 11) is 0. The number of morpholine rings is 1. The van der Waals surface area contributed by atoms with E-state index >= 15 is 0 Å².